The van der Waals surface area contributed by atoms with Crippen molar-refractivity contribution in [2.45, 2.75) is 19.4 Å². The number of halogens is 1. The number of nitrogens with two attached hydrogens (primary N) is 1. The minimum absolute atomic E-state index is 0.0839. The summed E-state index contributed by atoms with van der Waals surface area (Å²) in [5.41, 5.74) is 5.50. The molecule has 15 heavy (non-hydrogen) atoms. The SMILES string of the molecule is CC(CC#N)N(C)c1nc(N)ncc1Br. The maximum absolute atomic E-state index is 8.61. The summed E-state index contributed by atoms with van der Waals surface area (Å²) in [6, 6.07) is 2.20. The van der Waals surface area contributed by atoms with Gasteiger partial charge < -0.3 is 10.6 Å². The Morgan fingerprint density at radius 3 is 3.00 bits per heavy atom. The average molecular weight is 270 g/mol. The molecule has 0 aliphatic heterocycles. The van der Waals surface area contributed by atoms with E-state index in [0.717, 1.165) is 4.47 Å². The number of aromatic nitrogens is 2. The van der Waals surface area contributed by atoms with Gasteiger partial charge in [-0.2, -0.15) is 10.2 Å². The lowest BCUT2D eigenvalue weighted by atomic mass is 10.2. The Labute approximate surface area is 97.1 Å². The lowest BCUT2D eigenvalue weighted by Crippen LogP contribution is -2.29. The predicted molar refractivity (Wildman–Crippen MR) is 62.2 cm³/mol. The molecule has 1 heterocycles. The van der Waals surface area contributed by atoms with Crippen LogP contribution in [0.25, 0.3) is 0 Å². The van der Waals surface area contributed by atoms with Gasteiger partial charge in [0.15, 0.2) is 0 Å². The second kappa shape index (κ2) is 4.94. The van der Waals surface area contributed by atoms with E-state index in [4.69, 9.17) is 11.0 Å². The maximum Gasteiger partial charge on any atom is 0.222 e. The molecule has 0 bridgehead atoms. The summed E-state index contributed by atoms with van der Waals surface area (Å²) in [6.07, 6.45) is 2.04. The summed E-state index contributed by atoms with van der Waals surface area (Å²) in [7, 11) is 1.87. The molecule has 1 atom stereocenters. The van der Waals surface area contributed by atoms with Gasteiger partial charge in [-0.15, -0.1) is 0 Å². The zero-order valence-corrected chi connectivity index (χ0v) is 10.2. The second-order valence-corrected chi connectivity index (χ2v) is 4.08. The first kappa shape index (κ1) is 11.7. The normalized spacial score (nSPS) is 11.9. The molecule has 1 aromatic heterocycles. The molecule has 0 saturated heterocycles. The highest BCUT2D eigenvalue weighted by Gasteiger charge is 2.14. The molecule has 0 amide bonds. The van der Waals surface area contributed by atoms with Crippen molar-refractivity contribution in [1.82, 2.24) is 9.97 Å². The Hall–Kier alpha value is -1.35. The van der Waals surface area contributed by atoms with E-state index in [1.807, 2.05) is 18.9 Å². The van der Waals surface area contributed by atoms with Crippen molar-refractivity contribution in [2.24, 2.45) is 0 Å². The summed E-state index contributed by atoms with van der Waals surface area (Å²) >= 11 is 3.35. The van der Waals surface area contributed by atoms with Crippen LogP contribution in [-0.2, 0) is 0 Å². The molecule has 0 aliphatic rings. The minimum atomic E-state index is 0.0839. The molecule has 5 nitrogen and oxygen atoms in total. The van der Waals surface area contributed by atoms with Crippen LogP contribution in [0.1, 0.15) is 13.3 Å². The second-order valence-electron chi connectivity index (χ2n) is 3.22. The van der Waals surface area contributed by atoms with Crippen LogP contribution in [0.15, 0.2) is 10.7 Å². The van der Waals surface area contributed by atoms with Crippen molar-refractivity contribution >= 4 is 27.7 Å². The Morgan fingerprint density at radius 2 is 2.40 bits per heavy atom. The third-order valence-electron chi connectivity index (χ3n) is 2.13. The Bertz CT molecular complexity index is 387. The zero-order valence-electron chi connectivity index (χ0n) is 8.61. The van der Waals surface area contributed by atoms with Gasteiger partial charge in [-0.05, 0) is 22.9 Å². The van der Waals surface area contributed by atoms with Gasteiger partial charge in [0.05, 0.1) is 17.0 Å². The molecule has 80 valence electrons. The lowest BCUT2D eigenvalue weighted by Gasteiger charge is -2.24. The van der Waals surface area contributed by atoms with E-state index >= 15 is 0 Å². The molecule has 0 fully saturated rings. The van der Waals surface area contributed by atoms with Crippen molar-refractivity contribution in [2.75, 3.05) is 17.7 Å². The van der Waals surface area contributed by atoms with Crippen LogP contribution < -0.4 is 10.6 Å². The van der Waals surface area contributed by atoms with E-state index in [1.165, 1.54) is 0 Å². The topological polar surface area (TPSA) is 78.8 Å². The molecular formula is C9H12BrN5. The molecule has 6 heteroatoms. The highest BCUT2D eigenvalue weighted by atomic mass is 79.9. The quantitative estimate of drug-likeness (QED) is 0.901. The first-order valence-corrected chi connectivity index (χ1v) is 5.23. The van der Waals surface area contributed by atoms with Gasteiger partial charge in [-0.3, -0.25) is 0 Å². The monoisotopic (exact) mass is 269 g/mol. The average Bonchev–Trinajstić information content (AvgIpc) is 2.21. The summed E-state index contributed by atoms with van der Waals surface area (Å²) < 4.78 is 0.768. The molecule has 0 radical (unpaired) electrons. The third-order valence-corrected chi connectivity index (χ3v) is 2.69. The lowest BCUT2D eigenvalue weighted by molar-refractivity contribution is 0.692. The first-order chi connectivity index (χ1) is 7.06. The standard InChI is InChI=1S/C9H12BrN5/c1-6(3-4-11)15(2)8-7(10)5-13-9(12)14-8/h5-6H,3H2,1-2H3,(H2,12,13,14). The van der Waals surface area contributed by atoms with E-state index in [0.29, 0.717) is 12.2 Å². The van der Waals surface area contributed by atoms with E-state index in [2.05, 4.69) is 32.0 Å². The minimum Gasteiger partial charge on any atom is -0.368 e. The van der Waals surface area contributed by atoms with Gasteiger partial charge in [0.25, 0.3) is 0 Å². The predicted octanol–water partition coefficient (Wildman–Crippen LogP) is 1.56. The van der Waals surface area contributed by atoms with Crippen molar-refractivity contribution < 1.29 is 0 Å². The highest BCUT2D eigenvalue weighted by Crippen LogP contribution is 2.24. The van der Waals surface area contributed by atoms with Crippen LogP contribution in [0.2, 0.25) is 0 Å². The van der Waals surface area contributed by atoms with Crippen molar-refractivity contribution in [1.29, 1.82) is 5.26 Å². The summed E-state index contributed by atoms with van der Waals surface area (Å²) in [4.78, 5) is 9.86. The van der Waals surface area contributed by atoms with Gasteiger partial charge in [-0.1, -0.05) is 0 Å². The molecular weight excluding hydrogens is 258 g/mol. The van der Waals surface area contributed by atoms with Crippen LogP contribution in [0.3, 0.4) is 0 Å². The van der Waals surface area contributed by atoms with Gasteiger partial charge in [0.2, 0.25) is 5.95 Å². The first-order valence-electron chi connectivity index (χ1n) is 4.44. The number of hydrogen-bond donors (Lipinski definition) is 1. The van der Waals surface area contributed by atoms with E-state index < -0.39 is 0 Å². The largest absolute Gasteiger partial charge is 0.368 e. The fraction of sp³-hybridized carbons (Fsp3) is 0.444. The van der Waals surface area contributed by atoms with E-state index in [9.17, 15) is 0 Å². The number of hydrogen-bond acceptors (Lipinski definition) is 5. The van der Waals surface area contributed by atoms with E-state index in [1.54, 1.807) is 6.20 Å². The number of nitrogen functional groups attached to an aromatic ring is 1. The third kappa shape index (κ3) is 2.80. The van der Waals surface area contributed by atoms with Crippen molar-refractivity contribution in [3.63, 3.8) is 0 Å². The maximum atomic E-state index is 8.61. The summed E-state index contributed by atoms with van der Waals surface area (Å²) in [5, 5.41) is 8.61. The number of nitrogens with zero attached hydrogens (tertiary/aromatic N) is 4. The summed E-state index contributed by atoms with van der Waals surface area (Å²) in [6.45, 7) is 1.95. The van der Waals surface area contributed by atoms with Crippen LogP contribution in [0.4, 0.5) is 11.8 Å². The molecule has 1 rings (SSSR count). The zero-order chi connectivity index (χ0) is 11.4. The molecule has 1 unspecified atom stereocenters. The molecule has 0 aromatic carbocycles. The number of rotatable bonds is 3. The van der Waals surface area contributed by atoms with Crippen LogP contribution in [0.5, 0.6) is 0 Å². The van der Waals surface area contributed by atoms with Crippen LogP contribution in [0, 0.1) is 11.3 Å². The van der Waals surface area contributed by atoms with Gasteiger partial charge in [0.1, 0.15) is 5.82 Å². The molecule has 2 N–H and O–H groups in total. The van der Waals surface area contributed by atoms with E-state index in [-0.39, 0.29) is 12.0 Å². The van der Waals surface area contributed by atoms with Gasteiger partial charge in [-0.25, -0.2) is 4.98 Å². The summed E-state index contributed by atoms with van der Waals surface area (Å²) in [5.74, 6) is 0.925. The Morgan fingerprint density at radius 1 is 1.73 bits per heavy atom. The number of nitriles is 1. The Balaban J connectivity index is 2.95. The smallest absolute Gasteiger partial charge is 0.222 e. The van der Waals surface area contributed by atoms with Crippen molar-refractivity contribution in [3.8, 4) is 6.07 Å². The van der Waals surface area contributed by atoms with Crippen LogP contribution in [-0.4, -0.2) is 23.1 Å². The Kier molecular flexibility index (Phi) is 3.86. The molecule has 0 spiro atoms. The fourth-order valence-electron chi connectivity index (χ4n) is 1.10. The van der Waals surface area contributed by atoms with Crippen LogP contribution >= 0.6 is 15.9 Å². The fourth-order valence-corrected chi connectivity index (χ4v) is 1.57. The number of anilines is 2. The van der Waals surface area contributed by atoms with Gasteiger partial charge >= 0.3 is 0 Å². The highest BCUT2D eigenvalue weighted by molar-refractivity contribution is 9.10. The van der Waals surface area contributed by atoms with Crippen molar-refractivity contribution in [3.05, 3.63) is 10.7 Å². The molecule has 1 aromatic rings. The van der Waals surface area contributed by atoms with Gasteiger partial charge in [0, 0.05) is 19.3 Å². The molecule has 0 saturated carbocycles. The molecule has 0 aliphatic carbocycles.